The van der Waals surface area contributed by atoms with Crippen LogP contribution in [0.4, 0.5) is 0 Å². The number of aliphatic hydroxyl groups excluding tert-OH is 1. The molecule has 0 aliphatic heterocycles. The third-order valence-electron chi connectivity index (χ3n) is 4.82. The number of carbonyl (C=O) groups excluding carboxylic acids is 2. The number of aromatic nitrogens is 1. The third kappa shape index (κ3) is 6.52. The smallest absolute Gasteiger partial charge is 0.326 e. The van der Waals surface area contributed by atoms with E-state index in [0.29, 0.717) is 5.56 Å². The van der Waals surface area contributed by atoms with E-state index in [1.54, 1.807) is 6.20 Å². The molecule has 1 aromatic heterocycles. The highest BCUT2D eigenvalue weighted by atomic mass is 16.4. The largest absolute Gasteiger partial charge is 0.481 e. The van der Waals surface area contributed by atoms with E-state index in [2.05, 4.69) is 15.6 Å². The number of rotatable bonds is 11. The number of amides is 2. The molecule has 0 saturated carbocycles. The van der Waals surface area contributed by atoms with Crippen LogP contribution in [0.25, 0.3) is 10.9 Å². The summed E-state index contributed by atoms with van der Waals surface area (Å²) in [6, 6.07) is 3.36. The van der Waals surface area contributed by atoms with Crippen molar-refractivity contribution in [2.45, 2.75) is 50.4 Å². The van der Waals surface area contributed by atoms with Gasteiger partial charge >= 0.3 is 11.9 Å². The highest BCUT2D eigenvalue weighted by Gasteiger charge is 2.30. The highest BCUT2D eigenvalue weighted by molar-refractivity contribution is 5.93. The summed E-state index contributed by atoms with van der Waals surface area (Å²) in [7, 11) is 0. The molecule has 0 bridgehead atoms. The molecular weight excluding hydrogens is 408 g/mol. The molecule has 11 nitrogen and oxygen atoms in total. The van der Waals surface area contributed by atoms with Crippen LogP contribution in [-0.2, 0) is 25.6 Å². The lowest BCUT2D eigenvalue weighted by Gasteiger charge is -2.23. The number of hydrogen-bond donors (Lipinski definition) is 7. The second kappa shape index (κ2) is 10.5. The maximum absolute atomic E-state index is 12.8. The Balaban J connectivity index is 2.25. The van der Waals surface area contributed by atoms with Crippen molar-refractivity contribution in [3.05, 3.63) is 36.0 Å². The monoisotopic (exact) mass is 434 g/mol. The van der Waals surface area contributed by atoms with E-state index in [1.165, 1.54) is 6.92 Å². The molecule has 8 N–H and O–H groups in total. The lowest BCUT2D eigenvalue weighted by molar-refractivity contribution is -0.143. The van der Waals surface area contributed by atoms with Crippen molar-refractivity contribution in [2.75, 3.05) is 0 Å². The average Bonchev–Trinajstić information content (AvgIpc) is 3.12. The first-order chi connectivity index (χ1) is 14.6. The summed E-state index contributed by atoms with van der Waals surface area (Å²) >= 11 is 0. The second-order valence-corrected chi connectivity index (χ2v) is 7.22. The van der Waals surface area contributed by atoms with Gasteiger partial charge < -0.3 is 36.7 Å². The maximum Gasteiger partial charge on any atom is 0.326 e. The number of hydrogen-bond acceptors (Lipinski definition) is 6. The van der Waals surface area contributed by atoms with Gasteiger partial charge in [-0.15, -0.1) is 0 Å². The number of carbonyl (C=O) groups is 4. The summed E-state index contributed by atoms with van der Waals surface area (Å²) < 4.78 is 0. The van der Waals surface area contributed by atoms with Crippen LogP contribution in [0.3, 0.4) is 0 Å². The lowest BCUT2D eigenvalue weighted by Crippen LogP contribution is -2.57. The zero-order valence-electron chi connectivity index (χ0n) is 16.9. The molecular formula is C20H26N4O7. The average molecular weight is 434 g/mol. The molecule has 0 aliphatic rings. The molecule has 31 heavy (non-hydrogen) atoms. The summed E-state index contributed by atoms with van der Waals surface area (Å²) in [5, 5.41) is 33.2. The Morgan fingerprint density at radius 3 is 2.32 bits per heavy atom. The molecule has 4 atom stereocenters. The number of H-pyrrole nitrogens is 1. The molecule has 0 saturated heterocycles. The second-order valence-electron chi connectivity index (χ2n) is 7.22. The number of para-hydroxylation sites is 1. The summed E-state index contributed by atoms with van der Waals surface area (Å²) in [6.45, 7) is 1.32. The van der Waals surface area contributed by atoms with Crippen LogP contribution in [0.2, 0.25) is 0 Å². The molecule has 11 heteroatoms. The summed E-state index contributed by atoms with van der Waals surface area (Å²) in [6.07, 6.45) is -0.260. The fourth-order valence-electron chi connectivity index (χ4n) is 3.01. The Labute approximate surface area is 177 Å². The normalized spacial score (nSPS) is 14.9. The van der Waals surface area contributed by atoms with Crippen LogP contribution < -0.4 is 16.4 Å². The Morgan fingerprint density at radius 1 is 1.06 bits per heavy atom. The molecule has 2 aromatic rings. The van der Waals surface area contributed by atoms with Gasteiger partial charge in [-0.25, -0.2) is 4.79 Å². The zero-order chi connectivity index (χ0) is 23.1. The van der Waals surface area contributed by atoms with Crippen molar-refractivity contribution < 1.29 is 34.5 Å². The Kier molecular flexibility index (Phi) is 8.11. The van der Waals surface area contributed by atoms with Gasteiger partial charge in [-0.1, -0.05) is 18.2 Å². The number of nitrogens with two attached hydrogens (primary N) is 1. The van der Waals surface area contributed by atoms with E-state index in [1.807, 2.05) is 24.3 Å². The van der Waals surface area contributed by atoms with Gasteiger partial charge in [0.05, 0.1) is 6.10 Å². The van der Waals surface area contributed by atoms with Crippen LogP contribution in [-0.4, -0.2) is 68.3 Å². The fourth-order valence-corrected chi connectivity index (χ4v) is 3.01. The number of aliphatic hydroxyl groups is 1. The SMILES string of the molecule is C[C@@H](O)[C@H](N)C(=O)N[C@@H](Cc1c[nH]c2ccccc12)C(=O)N[C@@H](CCC(=O)O)C(=O)O. The van der Waals surface area contributed by atoms with Gasteiger partial charge in [-0.2, -0.15) is 0 Å². The molecule has 0 aliphatic carbocycles. The van der Waals surface area contributed by atoms with Gasteiger partial charge in [0.25, 0.3) is 0 Å². The minimum absolute atomic E-state index is 0.0133. The standard InChI is InChI=1S/C20H26N4O7/c1-10(25)17(21)19(29)24-15(8-11-9-22-13-5-3-2-4-12(11)13)18(28)23-14(20(30)31)6-7-16(26)27/h2-5,9-10,14-15,17,22,25H,6-8,21H2,1H3,(H,23,28)(H,24,29)(H,26,27)(H,30,31)/t10-,14+,15+,17+/m1/s1. The van der Waals surface area contributed by atoms with Crippen molar-refractivity contribution in [2.24, 2.45) is 5.73 Å². The van der Waals surface area contributed by atoms with Gasteiger partial charge in [0.15, 0.2) is 0 Å². The van der Waals surface area contributed by atoms with E-state index < -0.39 is 54.4 Å². The number of nitrogens with one attached hydrogen (secondary N) is 3. The van der Waals surface area contributed by atoms with Gasteiger partial charge in [-0.05, 0) is 25.0 Å². The Morgan fingerprint density at radius 2 is 1.71 bits per heavy atom. The van der Waals surface area contributed by atoms with Crippen LogP contribution in [0, 0.1) is 0 Å². The lowest BCUT2D eigenvalue weighted by atomic mass is 10.0. The number of aromatic amines is 1. The van der Waals surface area contributed by atoms with Crippen molar-refractivity contribution >= 4 is 34.7 Å². The van der Waals surface area contributed by atoms with E-state index in [9.17, 15) is 29.4 Å². The van der Waals surface area contributed by atoms with Crippen molar-refractivity contribution in [1.29, 1.82) is 0 Å². The topological polar surface area (TPSA) is 195 Å². The first kappa shape index (κ1) is 23.8. The van der Waals surface area contributed by atoms with E-state index in [4.69, 9.17) is 10.8 Å². The summed E-state index contributed by atoms with van der Waals surface area (Å²) in [5.41, 5.74) is 7.15. The van der Waals surface area contributed by atoms with Crippen LogP contribution in [0.1, 0.15) is 25.3 Å². The van der Waals surface area contributed by atoms with Crippen molar-refractivity contribution in [3.63, 3.8) is 0 Å². The predicted octanol–water partition coefficient (Wildman–Crippen LogP) is -0.662. The summed E-state index contributed by atoms with van der Waals surface area (Å²) in [5.74, 6) is -4.19. The molecule has 1 aromatic carbocycles. The quantitative estimate of drug-likeness (QED) is 0.242. The molecule has 168 valence electrons. The van der Waals surface area contributed by atoms with Crippen molar-refractivity contribution in [3.8, 4) is 0 Å². The molecule has 0 radical (unpaired) electrons. The number of benzene rings is 1. The first-order valence-corrected chi connectivity index (χ1v) is 9.64. The first-order valence-electron chi connectivity index (χ1n) is 9.64. The van der Waals surface area contributed by atoms with E-state index in [0.717, 1.165) is 10.9 Å². The van der Waals surface area contributed by atoms with E-state index in [-0.39, 0.29) is 12.8 Å². The summed E-state index contributed by atoms with van der Waals surface area (Å²) in [4.78, 5) is 50.4. The Bertz CT molecular complexity index is 956. The van der Waals surface area contributed by atoms with Crippen LogP contribution in [0.15, 0.2) is 30.5 Å². The minimum Gasteiger partial charge on any atom is -0.481 e. The number of carboxylic acids is 2. The number of fused-ring (bicyclic) bond motifs is 1. The molecule has 0 spiro atoms. The number of carboxylic acid groups (broad SMARTS) is 2. The molecule has 1 heterocycles. The molecule has 2 rings (SSSR count). The minimum atomic E-state index is -1.45. The van der Waals surface area contributed by atoms with Crippen LogP contribution in [0.5, 0.6) is 0 Å². The zero-order valence-corrected chi connectivity index (χ0v) is 16.9. The van der Waals surface area contributed by atoms with Gasteiger partial charge in [0.2, 0.25) is 11.8 Å². The van der Waals surface area contributed by atoms with Gasteiger partial charge in [0, 0.05) is 29.9 Å². The Hall–Kier alpha value is -3.44. The third-order valence-corrected chi connectivity index (χ3v) is 4.82. The highest BCUT2D eigenvalue weighted by Crippen LogP contribution is 2.19. The molecule has 2 amide bonds. The maximum atomic E-state index is 12.8. The fraction of sp³-hybridized carbons (Fsp3) is 0.400. The van der Waals surface area contributed by atoms with Crippen molar-refractivity contribution in [1.82, 2.24) is 15.6 Å². The number of aliphatic carboxylic acids is 2. The van der Waals surface area contributed by atoms with Crippen LogP contribution >= 0.6 is 0 Å². The van der Waals surface area contributed by atoms with E-state index >= 15 is 0 Å². The predicted molar refractivity (Wildman–Crippen MR) is 110 cm³/mol. The van der Waals surface area contributed by atoms with Gasteiger partial charge in [-0.3, -0.25) is 14.4 Å². The molecule has 0 unspecified atom stereocenters. The molecule has 0 fully saturated rings. The van der Waals surface area contributed by atoms with Gasteiger partial charge in [0.1, 0.15) is 18.1 Å².